The van der Waals surface area contributed by atoms with E-state index < -0.39 is 11.5 Å². The molecule has 0 unspecified atom stereocenters. The van der Waals surface area contributed by atoms with Gasteiger partial charge < -0.3 is 14.9 Å². The molecule has 2 N–H and O–H groups in total. The van der Waals surface area contributed by atoms with Crippen LogP contribution in [0, 0.1) is 18.3 Å². The second kappa shape index (κ2) is 7.56. The van der Waals surface area contributed by atoms with Crippen molar-refractivity contribution in [2.24, 2.45) is 5.73 Å². The molecule has 2 aromatic carbocycles. The van der Waals surface area contributed by atoms with Gasteiger partial charge in [0.2, 0.25) is 5.88 Å². The van der Waals surface area contributed by atoms with Gasteiger partial charge in [0.1, 0.15) is 17.2 Å². The van der Waals surface area contributed by atoms with Gasteiger partial charge in [0, 0.05) is 0 Å². The third-order valence-electron chi connectivity index (χ3n) is 6.19. The zero-order chi connectivity index (χ0) is 23.4. The van der Waals surface area contributed by atoms with Crippen LogP contribution in [0.25, 0.3) is 11.0 Å². The minimum atomic E-state index is -0.652. The SMILES string of the molecule is Cc1ccc(C(C)C)c2oc(=O)c3c(c12)OC(N)=C(C#N)[C@@H]3c1ccc(C(C)(C)C)cc1. The number of nitrogens with zero attached hydrogens (tertiary/aromatic N) is 1. The predicted molar refractivity (Wildman–Crippen MR) is 126 cm³/mol. The molecule has 1 aromatic heterocycles. The monoisotopic (exact) mass is 428 g/mol. The Morgan fingerprint density at radius 2 is 1.75 bits per heavy atom. The van der Waals surface area contributed by atoms with Crippen LogP contribution in [0.1, 0.15) is 74.3 Å². The number of hydrogen-bond donors (Lipinski definition) is 1. The molecule has 4 rings (SSSR count). The summed E-state index contributed by atoms with van der Waals surface area (Å²) in [6.07, 6.45) is 0. The number of rotatable bonds is 2. The Labute approximate surface area is 188 Å². The summed E-state index contributed by atoms with van der Waals surface area (Å²) < 4.78 is 11.8. The Morgan fingerprint density at radius 1 is 1.09 bits per heavy atom. The van der Waals surface area contributed by atoms with E-state index >= 15 is 0 Å². The Hall–Kier alpha value is -3.52. The van der Waals surface area contributed by atoms with Gasteiger partial charge >= 0.3 is 5.63 Å². The largest absolute Gasteiger partial charge is 0.439 e. The van der Waals surface area contributed by atoms with Gasteiger partial charge in [-0.2, -0.15) is 5.26 Å². The third-order valence-corrected chi connectivity index (χ3v) is 6.19. The molecule has 32 heavy (non-hydrogen) atoms. The van der Waals surface area contributed by atoms with Crippen LogP contribution in [0.5, 0.6) is 5.75 Å². The summed E-state index contributed by atoms with van der Waals surface area (Å²) in [4.78, 5) is 13.3. The van der Waals surface area contributed by atoms with Crippen molar-refractivity contribution in [2.45, 2.75) is 58.8 Å². The van der Waals surface area contributed by atoms with Crippen LogP contribution in [0.3, 0.4) is 0 Å². The maximum absolute atomic E-state index is 13.3. The van der Waals surface area contributed by atoms with Gasteiger partial charge in [0.05, 0.1) is 16.9 Å². The fraction of sp³-hybridized carbons (Fsp3) is 0.333. The van der Waals surface area contributed by atoms with Crippen LogP contribution in [-0.4, -0.2) is 0 Å². The molecule has 0 saturated heterocycles. The number of hydrogen-bond acceptors (Lipinski definition) is 5. The number of aryl methyl sites for hydroxylation is 1. The molecule has 0 saturated carbocycles. The minimum absolute atomic E-state index is 0.0153. The van der Waals surface area contributed by atoms with Crippen LogP contribution < -0.4 is 16.1 Å². The number of ether oxygens (including phenoxy) is 1. The Morgan fingerprint density at radius 3 is 2.31 bits per heavy atom. The van der Waals surface area contributed by atoms with Crippen molar-refractivity contribution in [2.75, 3.05) is 0 Å². The Bertz CT molecular complexity index is 1350. The molecule has 3 aromatic rings. The Balaban J connectivity index is 2.04. The van der Waals surface area contributed by atoms with E-state index in [0.717, 1.165) is 27.6 Å². The van der Waals surface area contributed by atoms with E-state index in [4.69, 9.17) is 14.9 Å². The number of benzene rings is 2. The molecule has 164 valence electrons. The predicted octanol–water partition coefficient (Wildman–Crippen LogP) is 5.74. The second-order valence-electron chi connectivity index (χ2n) is 9.76. The second-order valence-corrected chi connectivity index (χ2v) is 9.76. The van der Waals surface area contributed by atoms with E-state index in [9.17, 15) is 10.1 Å². The number of nitrogens with two attached hydrogens (primary N) is 1. The summed E-state index contributed by atoms with van der Waals surface area (Å²) in [5.74, 6) is -0.0875. The van der Waals surface area contributed by atoms with Crippen molar-refractivity contribution >= 4 is 11.0 Å². The molecule has 1 atom stereocenters. The normalized spacial score (nSPS) is 16.1. The van der Waals surface area contributed by atoms with Gasteiger partial charge in [-0.3, -0.25) is 0 Å². The average Bonchev–Trinajstić information content (AvgIpc) is 2.72. The lowest BCUT2D eigenvalue weighted by molar-refractivity contribution is 0.387. The molecular weight excluding hydrogens is 400 g/mol. The first-order chi connectivity index (χ1) is 15.0. The zero-order valence-electron chi connectivity index (χ0n) is 19.4. The van der Waals surface area contributed by atoms with Crippen LogP contribution >= 0.6 is 0 Å². The van der Waals surface area contributed by atoms with Gasteiger partial charge in [-0.25, -0.2) is 4.79 Å². The topological polar surface area (TPSA) is 89.2 Å². The first-order valence-corrected chi connectivity index (χ1v) is 10.8. The summed E-state index contributed by atoms with van der Waals surface area (Å²) in [5, 5.41) is 10.6. The quantitative estimate of drug-likeness (QED) is 0.526. The summed E-state index contributed by atoms with van der Waals surface area (Å²) >= 11 is 0. The Kier molecular flexibility index (Phi) is 5.13. The third kappa shape index (κ3) is 3.36. The molecule has 5 heteroatoms. The molecule has 1 aliphatic heterocycles. The van der Waals surface area contributed by atoms with Crippen LogP contribution in [-0.2, 0) is 5.41 Å². The van der Waals surface area contributed by atoms with Gasteiger partial charge in [-0.05, 0) is 40.5 Å². The van der Waals surface area contributed by atoms with Crippen molar-refractivity contribution in [3.05, 3.63) is 86.1 Å². The minimum Gasteiger partial charge on any atom is -0.439 e. The van der Waals surface area contributed by atoms with Crippen LogP contribution in [0.4, 0.5) is 0 Å². The summed E-state index contributed by atoms with van der Waals surface area (Å²) in [6, 6.07) is 14.1. The van der Waals surface area contributed by atoms with E-state index in [0.29, 0.717) is 16.9 Å². The lowest BCUT2D eigenvalue weighted by atomic mass is 9.81. The highest BCUT2D eigenvalue weighted by atomic mass is 16.5. The van der Waals surface area contributed by atoms with Crippen LogP contribution in [0.15, 0.2) is 57.1 Å². The fourth-order valence-electron chi connectivity index (χ4n) is 4.35. The molecule has 0 spiro atoms. The smallest absolute Gasteiger partial charge is 0.344 e. The van der Waals surface area contributed by atoms with E-state index in [2.05, 4.69) is 26.8 Å². The summed E-state index contributed by atoms with van der Waals surface area (Å²) in [6.45, 7) is 12.5. The van der Waals surface area contributed by atoms with E-state index in [-0.39, 0.29) is 22.8 Å². The van der Waals surface area contributed by atoms with E-state index in [1.165, 1.54) is 0 Å². The molecule has 0 fully saturated rings. The number of fused-ring (bicyclic) bond motifs is 3. The van der Waals surface area contributed by atoms with Crippen LogP contribution in [0.2, 0.25) is 0 Å². The first kappa shape index (κ1) is 21.7. The van der Waals surface area contributed by atoms with Gasteiger partial charge in [0.15, 0.2) is 5.75 Å². The van der Waals surface area contributed by atoms with Crippen molar-refractivity contribution in [1.29, 1.82) is 5.26 Å². The molecule has 0 amide bonds. The highest BCUT2D eigenvalue weighted by Gasteiger charge is 2.36. The summed E-state index contributed by atoms with van der Waals surface area (Å²) in [5.41, 5.74) is 10.5. The lowest BCUT2D eigenvalue weighted by Gasteiger charge is -2.27. The molecular formula is C27H28N2O3. The highest BCUT2D eigenvalue weighted by Crippen LogP contribution is 2.45. The molecule has 0 aliphatic carbocycles. The van der Waals surface area contributed by atoms with E-state index in [1.54, 1.807) is 0 Å². The van der Waals surface area contributed by atoms with Gasteiger partial charge in [-0.15, -0.1) is 0 Å². The first-order valence-electron chi connectivity index (χ1n) is 10.8. The van der Waals surface area contributed by atoms with Crippen molar-refractivity contribution in [3.63, 3.8) is 0 Å². The molecule has 5 nitrogen and oxygen atoms in total. The number of nitriles is 1. The maximum atomic E-state index is 13.3. The fourth-order valence-corrected chi connectivity index (χ4v) is 4.35. The van der Waals surface area contributed by atoms with Gasteiger partial charge in [0.25, 0.3) is 0 Å². The van der Waals surface area contributed by atoms with Crippen molar-refractivity contribution in [1.82, 2.24) is 0 Å². The molecule has 1 aliphatic rings. The standard InChI is InChI=1S/C27H28N2O3/c1-14(2)18-12-7-15(3)20-23(18)32-26(30)22-21(19(13-28)25(29)31-24(20)22)16-8-10-17(11-9-16)27(4,5)6/h7-12,14,21H,29H2,1-6H3/t21-/m0/s1. The van der Waals surface area contributed by atoms with Crippen molar-refractivity contribution < 1.29 is 9.15 Å². The lowest BCUT2D eigenvalue weighted by Crippen LogP contribution is -2.26. The van der Waals surface area contributed by atoms with E-state index in [1.807, 2.05) is 57.2 Å². The zero-order valence-corrected chi connectivity index (χ0v) is 19.4. The number of allylic oxidation sites excluding steroid dienone is 1. The molecule has 2 heterocycles. The molecule has 0 radical (unpaired) electrons. The van der Waals surface area contributed by atoms with Crippen molar-refractivity contribution in [3.8, 4) is 11.8 Å². The summed E-state index contributed by atoms with van der Waals surface area (Å²) in [7, 11) is 0. The molecule has 0 bridgehead atoms. The maximum Gasteiger partial charge on any atom is 0.344 e. The van der Waals surface area contributed by atoms with Gasteiger partial charge in [-0.1, -0.05) is 71.0 Å². The average molecular weight is 429 g/mol. The highest BCUT2D eigenvalue weighted by molar-refractivity contribution is 5.91.